The molecular weight excluding hydrogens is 757 g/mol. The molecule has 0 radical (unpaired) electrons. The summed E-state index contributed by atoms with van der Waals surface area (Å²) in [5.41, 5.74) is -0.364. The number of Topliss-reactive ketones (excluding diaryl/α,β-unsaturated/α-hetero) is 1. The van der Waals surface area contributed by atoms with Crippen molar-refractivity contribution in [2.45, 2.75) is 192 Å². The molecule has 0 rings (SSSR count). The number of thiol groups is 1. The van der Waals surface area contributed by atoms with Crippen molar-refractivity contribution >= 4 is 36.6 Å². The minimum atomic E-state index is -0.890. The Kier molecular flexibility index (Phi) is 23.7. The molecule has 0 heterocycles. The second kappa shape index (κ2) is 24.8. The number of aliphatic carboxylic acids is 1. The summed E-state index contributed by atoms with van der Waals surface area (Å²) in [6, 6.07) is 0. The van der Waals surface area contributed by atoms with Gasteiger partial charge in [-0.2, -0.15) is 12.6 Å². The van der Waals surface area contributed by atoms with Crippen LogP contribution < -0.4 is 5.32 Å². The van der Waals surface area contributed by atoms with Gasteiger partial charge >= 0.3 is 5.97 Å². The molecule has 342 valence electrons. The molecule has 0 fully saturated rings. The van der Waals surface area contributed by atoms with Crippen LogP contribution in [-0.2, 0) is 23.9 Å². The van der Waals surface area contributed by atoms with E-state index >= 15 is 0 Å². The molecule has 0 aromatic rings. The topological polar surface area (TPSA) is 113 Å². The Hall–Kier alpha value is -2.55. The molecule has 0 bridgehead atoms. The van der Waals surface area contributed by atoms with Gasteiger partial charge in [-0.05, 0) is 79.4 Å². The second-order valence-electron chi connectivity index (χ2n) is 20.9. The van der Waals surface area contributed by atoms with Crippen LogP contribution in [0.4, 0.5) is 0 Å². The molecule has 0 saturated heterocycles. The molecule has 4 unspecified atom stereocenters. The molecule has 0 aromatic heterocycles. The molecule has 0 aliphatic heterocycles. The molecule has 8 nitrogen and oxygen atoms in total. The third kappa shape index (κ3) is 17.4. The first kappa shape index (κ1) is 56.5. The number of ether oxygens (including phenoxy) is 1. The van der Waals surface area contributed by atoms with Gasteiger partial charge in [-0.15, -0.1) is 0 Å². The third-order valence-electron chi connectivity index (χ3n) is 14.7. The predicted octanol–water partition coefficient (Wildman–Crippen LogP) is 12.4. The van der Waals surface area contributed by atoms with Crippen molar-refractivity contribution in [2.24, 2.45) is 38.4 Å². The molecule has 0 aromatic carbocycles. The minimum absolute atomic E-state index is 0.0149. The largest absolute Gasteiger partial charge is 0.498 e. The highest BCUT2D eigenvalue weighted by molar-refractivity contribution is 7.81. The number of carbonyl (C=O) groups is 4. The smallest absolute Gasteiger partial charge is 0.303 e. The van der Waals surface area contributed by atoms with Crippen LogP contribution in [0, 0.1) is 38.4 Å². The maximum atomic E-state index is 14.9. The number of carboxylic acid groups (broad SMARTS) is 1. The molecule has 9 heteroatoms. The van der Waals surface area contributed by atoms with Gasteiger partial charge in [0, 0.05) is 60.7 Å². The SMILES string of the molecule is C=C(CCC(=O)O)NCCN(CCCOC(=C)C(C)(CC(C)(C)C(C)(C)C(C)(CC(C)(C)C(C)CCCC)C(=O)CCCCC(=C)C(C)S)C(C)(C)C)C(=O)CCC=O. The lowest BCUT2D eigenvalue weighted by atomic mass is 9.45. The summed E-state index contributed by atoms with van der Waals surface area (Å²) in [5, 5.41) is 12.3. The van der Waals surface area contributed by atoms with E-state index in [1.165, 1.54) is 6.42 Å². The number of unbranched alkanes of at least 4 members (excludes halogenated alkanes) is 2. The second-order valence-corrected chi connectivity index (χ2v) is 21.7. The van der Waals surface area contributed by atoms with Crippen LogP contribution >= 0.6 is 12.6 Å². The number of allylic oxidation sites excluding steroid dienone is 2. The van der Waals surface area contributed by atoms with Gasteiger partial charge in [0.1, 0.15) is 12.1 Å². The lowest BCUT2D eigenvalue weighted by molar-refractivity contribution is -0.152. The highest BCUT2D eigenvalue weighted by atomic mass is 32.1. The molecule has 2 N–H and O–H groups in total. The molecular formula is C50H90N2O6S. The summed E-state index contributed by atoms with van der Waals surface area (Å²) in [7, 11) is 0. The van der Waals surface area contributed by atoms with Gasteiger partial charge in [0.15, 0.2) is 0 Å². The summed E-state index contributed by atoms with van der Waals surface area (Å²) in [4.78, 5) is 51.6. The van der Waals surface area contributed by atoms with Crippen molar-refractivity contribution in [1.29, 1.82) is 0 Å². The van der Waals surface area contributed by atoms with Gasteiger partial charge < -0.3 is 24.9 Å². The lowest BCUT2D eigenvalue weighted by Gasteiger charge is -2.59. The normalized spacial score (nSPS) is 15.6. The van der Waals surface area contributed by atoms with E-state index in [9.17, 15) is 19.2 Å². The molecule has 4 atom stereocenters. The Morgan fingerprint density at radius 1 is 0.797 bits per heavy atom. The number of carbonyl (C=O) groups excluding carboxylic acids is 3. The molecule has 59 heavy (non-hydrogen) atoms. The average molecular weight is 847 g/mol. The zero-order valence-electron chi connectivity index (χ0n) is 40.5. The first-order valence-electron chi connectivity index (χ1n) is 22.5. The summed E-state index contributed by atoms with van der Waals surface area (Å²) >= 11 is 4.56. The molecule has 0 aliphatic rings. The van der Waals surface area contributed by atoms with Gasteiger partial charge in [-0.1, -0.05) is 135 Å². The van der Waals surface area contributed by atoms with Crippen LogP contribution in [0.5, 0.6) is 0 Å². The Morgan fingerprint density at radius 3 is 1.92 bits per heavy atom. The fourth-order valence-corrected chi connectivity index (χ4v) is 8.57. The number of nitrogens with zero attached hydrogens (tertiary/aromatic N) is 1. The first-order chi connectivity index (χ1) is 27.0. The third-order valence-corrected chi connectivity index (χ3v) is 15.1. The molecule has 0 aliphatic carbocycles. The maximum Gasteiger partial charge on any atom is 0.303 e. The van der Waals surface area contributed by atoms with Crippen LogP contribution in [0.3, 0.4) is 0 Å². The zero-order valence-corrected chi connectivity index (χ0v) is 41.4. The fourth-order valence-electron chi connectivity index (χ4n) is 8.44. The van der Waals surface area contributed by atoms with E-state index in [1.807, 2.05) is 0 Å². The van der Waals surface area contributed by atoms with Crippen LogP contribution in [0.25, 0.3) is 0 Å². The Morgan fingerprint density at radius 2 is 1.39 bits per heavy atom. The Labute approximate surface area is 368 Å². The van der Waals surface area contributed by atoms with E-state index < -0.39 is 22.2 Å². The van der Waals surface area contributed by atoms with Gasteiger partial charge in [-0.25, -0.2) is 0 Å². The van der Waals surface area contributed by atoms with E-state index in [2.05, 4.69) is 135 Å². The summed E-state index contributed by atoms with van der Waals surface area (Å²) in [6.45, 7) is 46.2. The zero-order chi connectivity index (χ0) is 46.0. The van der Waals surface area contributed by atoms with E-state index in [4.69, 9.17) is 9.84 Å². The molecule has 0 spiro atoms. The van der Waals surface area contributed by atoms with Crippen LogP contribution in [0.2, 0.25) is 0 Å². The van der Waals surface area contributed by atoms with Gasteiger partial charge in [0.2, 0.25) is 5.91 Å². The number of aldehydes is 1. The lowest BCUT2D eigenvalue weighted by Crippen LogP contribution is -2.55. The predicted molar refractivity (Wildman–Crippen MR) is 252 cm³/mol. The van der Waals surface area contributed by atoms with Crippen molar-refractivity contribution < 1.29 is 29.0 Å². The van der Waals surface area contributed by atoms with Crippen molar-refractivity contribution in [1.82, 2.24) is 10.2 Å². The number of hydrogen-bond acceptors (Lipinski definition) is 7. The number of nitrogens with one attached hydrogen (secondary N) is 1. The summed E-state index contributed by atoms with van der Waals surface area (Å²) in [6.07, 6.45) is 10.1. The number of rotatable bonds is 33. The van der Waals surface area contributed by atoms with Gasteiger partial charge in [0.25, 0.3) is 0 Å². The van der Waals surface area contributed by atoms with E-state index in [0.717, 1.165) is 56.8 Å². The monoisotopic (exact) mass is 847 g/mol. The summed E-state index contributed by atoms with van der Waals surface area (Å²) < 4.78 is 6.53. The highest BCUT2D eigenvalue weighted by Gasteiger charge is 2.58. The minimum Gasteiger partial charge on any atom is -0.498 e. The first-order valence-corrected chi connectivity index (χ1v) is 23.0. The van der Waals surface area contributed by atoms with Gasteiger partial charge in [-0.3, -0.25) is 14.4 Å². The standard InChI is InChI=1S/C50H90N2O6S/c1-18-19-25-38(3)46(10,11)35-50(17,42(54)26-21-20-24-37(2)40(5)59)48(14,15)47(12,13)36-49(16,45(7,8)9)41(6)58-34-23-31-52(43(55)27-22-33-53)32-30-51-39(4)28-29-44(56)57/h33,38,40,51,59H,2,4,6,18-32,34-36H2,1,3,5,7-17H3,(H,56,57). The van der Waals surface area contributed by atoms with Crippen LogP contribution in [0.15, 0.2) is 36.8 Å². The summed E-state index contributed by atoms with van der Waals surface area (Å²) in [5.74, 6) is 0.506. The van der Waals surface area contributed by atoms with E-state index in [-0.39, 0.29) is 46.7 Å². The van der Waals surface area contributed by atoms with Crippen LogP contribution in [-0.4, -0.2) is 65.4 Å². The van der Waals surface area contributed by atoms with Crippen molar-refractivity contribution in [3.63, 3.8) is 0 Å². The number of ketones is 1. The fraction of sp³-hybridized carbons (Fsp3) is 0.800. The Balaban J connectivity index is 6.40. The molecule has 1 amide bonds. The average Bonchev–Trinajstić information content (AvgIpc) is 3.12. The Bertz CT molecular complexity index is 1390. The number of carboxylic acids is 1. The number of hydrogen-bond donors (Lipinski definition) is 3. The molecule has 0 saturated carbocycles. The highest BCUT2D eigenvalue weighted by Crippen LogP contribution is 2.63. The van der Waals surface area contributed by atoms with E-state index in [0.29, 0.717) is 68.7 Å². The van der Waals surface area contributed by atoms with Crippen LogP contribution in [0.1, 0.15) is 187 Å². The van der Waals surface area contributed by atoms with E-state index in [1.54, 1.807) is 4.90 Å². The van der Waals surface area contributed by atoms with Crippen molar-refractivity contribution in [3.8, 4) is 0 Å². The number of amides is 1. The van der Waals surface area contributed by atoms with Crippen molar-refractivity contribution in [2.75, 3.05) is 26.2 Å². The van der Waals surface area contributed by atoms with Gasteiger partial charge in [0.05, 0.1) is 18.8 Å². The quantitative estimate of drug-likeness (QED) is 0.0198. The van der Waals surface area contributed by atoms with Crippen molar-refractivity contribution in [3.05, 3.63) is 36.8 Å². The maximum absolute atomic E-state index is 14.9.